The van der Waals surface area contributed by atoms with E-state index in [1.54, 1.807) is 12.1 Å². The maximum absolute atomic E-state index is 13.2. The summed E-state index contributed by atoms with van der Waals surface area (Å²) in [5, 5.41) is 1.22. The van der Waals surface area contributed by atoms with E-state index in [-0.39, 0.29) is 25.7 Å². The van der Waals surface area contributed by atoms with Crippen molar-refractivity contribution in [1.82, 2.24) is 0 Å². The Morgan fingerprint density at radius 3 is 1.92 bits per heavy atom. The molecule has 2 aromatic carbocycles. The van der Waals surface area contributed by atoms with Crippen molar-refractivity contribution in [1.29, 1.82) is 0 Å². The third kappa shape index (κ3) is 5.83. The van der Waals surface area contributed by atoms with Gasteiger partial charge < -0.3 is 18.9 Å². The van der Waals surface area contributed by atoms with Crippen molar-refractivity contribution >= 4 is 37.1 Å². The van der Waals surface area contributed by atoms with Gasteiger partial charge >= 0.3 is 23.9 Å². The average molecular weight is 553 g/mol. The second-order valence-electron chi connectivity index (χ2n) is 10.5. The molecule has 0 heterocycles. The van der Waals surface area contributed by atoms with Crippen LogP contribution in [0.3, 0.4) is 0 Å². The van der Waals surface area contributed by atoms with Crippen LogP contribution in [0.5, 0.6) is 0 Å². The predicted octanol–water partition coefficient (Wildman–Crippen LogP) is 3.09. The van der Waals surface area contributed by atoms with Gasteiger partial charge in [0.25, 0.3) is 0 Å². The fourth-order valence-corrected chi connectivity index (χ4v) is 7.28. The zero-order valence-corrected chi connectivity index (χ0v) is 24.4. The van der Waals surface area contributed by atoms with Crippen molar-refractivity contribution in [2.75, 3.05) is 28.4 Å². The second kappa shape index (κ2) is 12.0. The molecule has 0 bridgehead atoms. The Kier molecular flexibility index (Phi) is 9.17. The molecule has 0 aromatic heterocycles. The summed E-state index contributed by atoms with van der Waals surface area (Å²) in [4.78, 5) is 51.6. The first-order valence-electron chi connectivity index (χ1n) is 12.7. The minimum atomic E-state index is -1.99. The van der Waals surface area contributed by atoms with Gasteiger partial charge in [-0.05, 0) is 42.4 Å². The van der Waals surface area contributed by atoms with Crippen LogP contribution in [0, 0.1) is 10.8 Å². The van der Waals surface area contributed by atoms with Crippen LogP contribution in [0.25, 0.3) is 0 Å². The van der Waals surface area contributed by atoms with Gasteiger partial charge in [-0.1, -0.05) is 78.6 Å². The molecule has 9 heteroatoms. The molecule has 0 fully saturated rings. The van der Waals surface area contributed by atoms with Gasteiger partial charge in [0, 0.05) is 0 Å². The molecule has 208 valence electrons. The topological polar surface area (TPSA) is 105 Å². The summed E-state index contributed by atoms with van der Waals surface area (Å²) in [6.07, 6.45) is 2.21. The van der Waals surface area contributed by atoms with Crippen LogP contribution in [-0.2, 0) is 57.4 Å². The van der Waals surface area contributed by atoms with Gasteiger partial charge in [-0.15, -0.1) is 0 Å². The van der Waals surface area contributed by atoms with E-state index in [1.807, 2.05) is 30.3 Å². The minimum Gasteiger partial charge on any atom is -0.468 e. The Bertz CT molecular complexity index is 1230. The van der Waals surface area contributed by atoms with Gasteiger partial charge in [-0.25, -0.2) is 0 Å². The summed E-state index contributed by atoms with van der Waals surface area (Å²) in [5.74, 6) is -2.73. The van der Waals surface area contributed by atoms with E-state index in [2.05, 4.69) is 30.9 Å². The number of ether oxygens (including phenoxy) is 4. The van der Waals surface area contributed by atoms with Crippen molar-refractivity contribution in [3.05, 3.63) is 77.0 Å². The van der Waals surface area contributed by atoms with E-state index in [9.17, 15) is 19.2 Å². The van der Waals surface area contributed by atoms with Crippen LogP contribution in [0.2, 0.25) is 13.1 Å². The number of esters is 4. The second-order valence-corrected chi connectivity index (χ2v) is 14.8. The molecule has 0 saturated heterocycles. The summed E-state index contributed by atoms with van der Waals surface area (Å²) in [6, 6.07) is 15.5. The summed E-state index contributed by atoms with van der Waals surface area (Å²) >= 11 is 0. The fraction of sp³-hybridized carbons (Fsp3) is 0.400. The summed E-state index contributed by atoms with van der Waals surface area (Å²) in [6.45, 7) is 4.37. The summed E-state index contributed by atoms with van der Waals surface area (Å²) in [7, 11) is 2.97. The van der Waals surface area contributed by atoms with Crippen LogP contribution >= 0.6 is 0 Å². The lowest BCUT2D eigenvalue weighted by Gasteiger charge is -2.28. The van der Waals surface area contributed by atoms with Gasteiger partial charge in [-0.2, -0.15) is 0 Å². The van der Waals surface area contributed by atoms with Crippen molar-refractivity contribution < 1.29 is 38.1 Å². The Morgan fingerprint density at radius 2 is 1.38 bits per heavy atom. The SMILES string of the molecule is COC(=O)C(C/C=C\[Si](C)(C)c1ccccc1)(Cc1ccc2c(c1)CC(C(=O)OC)(C(=O)OC)C2)C(=O)OC. The first-order valence-corrected chi connectivity index (χ1v) is 15.7. The highest BCUT2D eigenvalue weighted by atomic mass is 28.3. The van der Waals surface area contributed by atoms with Gasteiger partial charge in [0.1, 0.15) is 8.07 Å². The number of carbonyl (C=O) groups is 4. The lowest BCUT2D eigenvalue weighted by molar-refractivity contribution is -0.170. The van der Waals surface area contributed by atoms with Crippen LogP contribution in [0.15, 0.2) is 60.3 Å². The highest BCUT2D eigenvalue weighted by Crippen LogP contribution is 2.41. The number of hydrogen-bond donors (Lipinski definition) is 0. The Balaban J connectivity index is 1.97. The molecule has 0 aliphatic heterocycles. The summed E-state index contributed by atoms with van der Waals surface area (Å²) < 4.78 is 20.1. The van der Waals surface area contributed by atoms with Gasteiger partial charge in [0.2, 0.25) is 0 Å². The third-order valence-electron chi connectivity index (χ3n) is 7.58. The minimum absolute atomic E-state index is 0.0146. The first-order chi connectivity index (χ1) is 18.5. The molecule has 0 spiro atoms. The maximum Gasteiger partial charge on any atom is 0.323 e. The Morgan fingerprint density at radius 1 is 0.821 bits per heavy atom. The van der Waals surface area contributed by atoms with E-state index in [4.69, 9.17) is 18.9 Å². The number of carbonyl (C=O) groups excluding carboxylic acids is 4. The molecule has 0 saturated carbocycles. The predicted molar refractivity (Wildman–Crippen MR) is 148 cm³/mol. The smallest absolute Gasteiger partial charge is 0.323 e. The molecule has 0 amide bonds. The number of methoxy groups -OCH3 is 4. The van der Waals surface area contributed by atoms with E-state index in [0.717, 1.165) is 11.1 Å². The van der Waals surface area contributed by atoms with E-state index in [0.29, 0.717) is 5.56 Å². The van der Waals surface area contributed by atoms with E-state index >= 15 is 0 Å². The Labute approximate surface area is 230 Å². The molecule has 1 aliphatic rings. The molecule has 0 unspecified atom stereocenters. The molecular weight excluding hydrogens is 516 g/mol. The maximum atomic E-state index is 13.2. The molecular formula is C30H36O8Si. The molecule has 39 heavy (non-hydrogen) atoms. The largest absolute Gasteiger partial charge is 0.468 e. The number of benzene rings is 2. The third-order valence-corrected chi connectivity index (χ3v) is 10.5. The molecule has 3 rings (SSSR count). The monoisotopic (exact) mass is 552 g/mol. The molecule has 0 atom stereocenters. The van der Waals surface area contributed by atoms with Crippen molar-refractivity contribution in [3.8, 4) is 0 Å². The average Bonchev–Trinajstić information content (AvgIpc) is 3.35. The number of hydrogen-bond acceptors (Lipinski definition) is 8. The first kappa shape index (κ1) is 29.8. The quantitative estimate of drug-likeness (QED) is 0.192. The van der Waals surface area contributed by atoms with Crippen LogP contribution in [-0.4, -0.2) is 60.4 Å². The zero-order valence-electron chi connectivity index (χ0n) is 23.4. The number of allylic oxidation sites excluding steroid dienone is 1. The van der Waals surface area contributed by atoms with Crippen molar-refractivity contribution in [3.63, 3.8) is 0 Å². The molecule has 0 N–H and O–H groups in total. The molecule has 8 nitrogen and oxygen atoms in total. The van der Waals surface area contributed by atoms with Crippen molar-refractivity contribution in [2.45, 2.75) is 38.8 Å². The lowest BCUT2D eigenvalue weighted by atomic mass is 9.78. The number of fused-ring (bicyclic) bond motifs is 1. The van der Waals surface area contributed by atoms with Gasteiger partial charge in [-0.3, -0.25) is 19.2 Å². The fourth-order valence-electron chi connectivity index (χ4n) is 5.33. The molecule has 2 aromatic rings. The lowest BCUT2D eigenvalue weighted by Crippen LogP contribution is -2.43. The van der Waals surface area contributed by atoms with E-state index in [1.165, 1.54) is 33.6 Å². The summed E-state index contributed by atoms with van der Waals surface area (Å²) in [5.41, 5.74) is 1.24. The van der Waals surface area contributed by atoms with Crippen LogP contribution in [0.1, 0.15) is 23.1 Å². The van der Waals surface area contributed by atoms with Crippen molar-refractivity contribution in [2.24, 2.45) is 10.8 Å². The van der Waals surface area contributed by atoms with E-state index < -0.39 is 42.8 Å². The Hall–Kier alpha value is -3.72. The van der Waals surface area contributed by atoms with Crippen LogP contribution in [0.4, 0.5) is 0 Å². The molecule has 1 aliphatic carbocycles. The highest BCUT2D eigenvalue weighted by molar-refractivity contribution is 6.93. The van der Waals surface area contributed by atoms with Gasteiger partial charge in [0.15, 0.2) is 10.8 Å². The van der Waals surface area contributed by atoms with Gasteiger partial charge in [0.05, 0.1) is 28.4 Å². The van der Waals surface area contributed by atoms with Crippen LogP contribution < -0.4 is 5.19 Å². The highest BCUT2D eigenvalue weighted by Gasteiger charge is 2.53. The normalized spacial score (nSPS) is 14.4. The zero-order chi connectivity index (χ0) is 28.8. The molecule has 0 radical (unpaired) electrons. The number of rotatable bonds is 10. The standard InChI is InChI=1S/C30H36O8Si/c1-35-25(31)29(26(32)36-2,15-10-16-39(5,6)24-11-8-7-9-12-24)18-21-13-14-22-19-30(27(33)37-3,28(34)38-4)20-23(22)17-21/h7-14,16-17H,15,18-20H2,1-6H3/b16-10-.